The van der Waals surface area contributed by atoms with E-state index in [-0.39, 0.29) is 11.7 Å². The highest BCUT2D eigenvalue weighted by molar-refractivity contribution is 7.20. The van der Waals surface area contributed by atoms with Crippen LogP contribution in [0.1, 0.15) is 10.4 Å². The lowest BCUT2D eigenvalue weighted by molar-refractivity contribution is 0.0993. The minimum absolute atomic E-state index is 0.231. The van der Waals surface area contributed by atoms with Crippen molar-refractivity contribution in [2.45, 2.75) is 0 Å². The van der Waals surface area contributed by atoms with Crippen molar-refractivity contribution < 1.29 is 9.18 Å². The summed E-state index contributed by atoms with van der Waals surface area (Å²) in [6, 6.07) is 9.16. The van der Waals surface area contributed by atoms with Gasteiger partial charge in [0.15, 0.2) is 5.13 Å². The predicted octanol–water partition coefficient (Wildman–Crippen LogP) is 4.94. The molecule has 0 aliphatic heterocycles. The van der Waals surface area contributed by atoms with Gasteiger partial charge in [-0.15, -0.1) is 22.7 Å². The van der Waals surface area contributed by atoms with Gasteiger partial charge in [0, 0.05) is 18.0 Å². The van der Waals surface area contributed by atoms with Crippen LogP contribution in [0.5, 0.6) is 0 Å². The maximum Gasteiger partial charge on any atom is 0.259 e. The van der Waals surface area contributed by atoms with Crippen LogP contribution in [-0.4, -0.2) is 17.9 Å². The molecule has 2 aromatic heterocycles. The van der Waals surface area contributed by atoms with Crippen LogP contribution in [0.15, 0.2) is 41.8 Å². The molecule has 1 aromatic carbocycles. The van der Waals surface area contributed by atoms with Crippen LogP contribution in [0.2, 0.25) is 4.34 Å². The fourth-order valence-electron chi connectivity index (χ4n) is 1.86. The van der Waals surface area contributed by atoms with Gasteiger partial charge in [-0.3, -0.25) is 9.69 Å². The second-order valence-electron chi connectivity index (χ2n) is 4.49. The van der Waals surface area contributed by atoms with Crippen molar-refractivity contribution in [3.63, 3.8) is 0 Å². The van der Waals surface area contributed by atoms with Gasteiger partial charge in [-0.2, -0.15) is 0 Å². The average Bonchev–Trinajstić information content (AvgIpc) is 3.15. The number of aromatic nitrogens is 1. The first-order valence-corrected chi connectivity index (χ1v) is 8.37. The molecular weight excluding hydrogens is 343 g/mol. The number of hydrogen-bond acceptors (Lipinski definition) is 4. The molecule has 0 N–H and O–H groups in total. The van der Waals surface area contributed by atoms with Crippen molar-refractivity contribution in [3.8, 4) is 10.6 Å². The number of benzene rings is 1. The van der Waals surface area contributed by atoms with Crippen molar-refractivity contribution in [1.82, 2.24) is 4.98 Å². The van der Waals surface area contributed by atoms with Crippen LogP contribution in [0.4, 0.5) is 9.52 Å². The van der Waals surface area contributed by atoms with E-state index in [0.29, 0.717) is 15.0 Å². The lowest BCUT2D eigenvalue weighted by Gasteiger charge is -2.13. The molecule has 112 valence electrons. The molecule has 0 aliphatic carbocycles. The molecule has 2 heterocycles. The van der Waals surface area contributed by atoms with E-state index in [4.69, 9.17) is 11.6 Å². The van der Waals surface area contributed by atoms with Crippen molar-refractivity contribution in [3.05, 3.63) is 57.5 Å². The second-order valence-corrected chi connectivity index (χ2v) is 7.04. The smallest absolute Gasteiger partial charge is 0.259 e. The van der Waals surface area contributed by atoms with Gasteiger partial charge in [-0.1, -0.05) is 11.6 Å². The number of thiazole rings is 1. The summed E-state index contributed by atoms with van der Waals surface area (Å²) in [5.41, 5.74) is 1.20. The lowest BCUT2D eigenvalue weighted by Crippen LogP contribution is -2.26. The van der Waals surface area contributed by atoms with Crippen LogP contribution in [0.3, 0.4) is 0 Å². The van der Waals surface area contributed by atoms with Gasteiger partial charge >= 0.3 is 0 Å². The normalized spacial score (nSPS) is 10.7. The van der Waals surface area contributed by atoms with Gasteiger partial charge in [0.25, 0.3) is 5.91 Å². The number of hydrogen-bond donors (Lipinski definition) is 0. The quantitative estimate of drug-likeness (QED) is 0.668. The van der Waals surface area contributed by atoms with E-state index in [0.717, 1.165) is 10.6 Å². The molecule has 3 aromatic rings. The molecule has 0 atom stereocenters. The van der Waals surface area contributed by atoms with Gasteiger partial charge in [0.1, 0.15) is 5.82 Å². The zero-order valence-electron chi connectivity index (χ0n) is 11.4. The molecule has 22 heavy (non-hydrogen) atoms. The molecule has 0 saturated heterocycles. The Balaban J connectivity index is 1.83. The first-order valence-electron chi connectivity index (χ1n) is 6.29. The number of anilines is 1. The van der Waals surface area contributed by atoms with E-state index in [9.17, 15) is 9.18 Å². The second kappa shape index (κ2) is 6.16. The van der Waals surface area contributed by atoms with Crippen molar-refractivity contribution in [2.24, 2.45) is 0 Å². The molecule has 3 nitrogen and oxygen atoms in total. The molecule has 3 rings (SSSR count). The number of nitrogens with zero attached hydrogens (tertiary/aromatic N) is 2. The van der Waals surface area contributed by atoms with E-state index in [1.54, 1.807) is 7.05 Å². The number of carbonyl (C=O) groups excluding carboxylic acids is 1. The Morgan fingerprint density at radius 3 is 2.59 bits per heavy atom. The van der Waals surface area contributed by atoms with E-state index in [1.807, 2.05) is 17.5 Å². The monoisotopic (exact) mass is 352 g/mol. The van der Waals surface area contributed by atoms with Crippen LogP contribution < -0.4 is 4.90 Å². The number of carbonyl (C=O) groups is 1. The minimum Gasteiger partial charge on any atom is -0.287 e. The molecular formula is C15H10ClFN2OS2. The molecule has 7 heteroatoms. The SMILES string of the molecule is CN(C(=O)c1ccc(F)cc1)c1nc(-c2ccc(Cl)s2)cs1. The summed E-state index contributed by atoms with van der Waals surface area (Å²) < 4.78 is 13.6. The third-order valence-corrected chi connectivity index (χ3v) is 5.17. The first kappa shape index (κ1) is 15.1. The zero-order chi connectivity index (χ0) is 15.7. The van der Waals surface area contributed by atoms with Crippen LogP contribution in [-0.2, 0) is 0 Å². The van der Waals surface area contributed by atoms with Gasteiger partial charge in [-0.05, 0) is 36.4 Å². The van der Waals surface area contributed by atoms with E-state index >= 15 is 0 Å². The predicted molar refractivity (Wildman–Crippen MR) is 89.6 cm³/mol. The van der Waals surface area contributed by atoms with Crippen molar-refractivity contribution >= 4 is 45.3 Å². The Bertz CT molecular complexity index is 813. The third kappa shape index (κ3) is 3.04. The van der Waals surface area contributed by atoms with E-state index in [1.165, 1.54) is 51.8 Å². The van der Waals surface area contributed by atoms with Crippen molar-refractivity contribution in [1.29, 1.82) is 0 Å². The highest BCUT2D eigenvalue weighted by Gasteiger charge is 2.17. The highest BCUT2D eigenvalue weighted by atomic mass is 35.5. The maximum absolute atomic E-state index is 12.9. The average molecular weight is 353 g/mol. The molecule has 0 bridgehead atoms. The topological polar surface area (TPSA) is 33.2 Å². The summed E-state index contributed by atoms with van der Waals surface area (Å²) in [5.74, 6) is -0.601. The number of amides is 1. The van der Waals surface area contributed by atoms with E-state index < -0.39 is 0 Å². The number of rotatable bonds is 3. The molecule has 0 unspecified atom stereocenters. The lowest BCUT2D eigenvalue weighted by atomic mass is 10.2. The van der Waals surface area contributed by atoms with Crippen molar-refractivity contribution in [2.75, 3.05) is 11.9 Å². The molecule has 0 spiro atoms. The van der Waals surface area contributed by atoms with Gasteiger partial charge < -0.3 is 0 Å². The molecule has 0 radical (unpaired) electrons. The summed E-state index contributed by atoms with van der Waals surface area (Å²) in [5, 5.41) is 2.46. The summed E-state index contributed by atoms with van der Waals surface area (Å²) in [6.45, 7) is 0. The van der Waals surface area contributed by atoms with Gasteiger partial charge in [0.2, 0.25) is 0 Å². The van der Waals surface area contributed by atoms with Gasteiger partial charge in [-0.25, -0.2) is 9.37 Å². The molecule has 0 saturated carbocycles. The standard InChI is InChI=1S/C15H10ClFN2OS2/c1-19(14(20)9-2-4-10(17)5-3-9)15-18-11(8-21-15)12-6-7-13(16)22-12/h2-8H,1H3. The fraction of sp³-hybridized carbons (Fsp3) is 0.0667. The van der Waals surface area contributed by atoms with Crippen LogP contribution >= 0.6 is 34.3 Å². The Morgan fingerprint density at radius 2 is 1.95 bits per heavy atom. The Morgan fingerprint density at radius 1 is 1.23 bits per heavy atom. The van der Waals surface area contributed by atoms with E-state index in [2.05, 4.69) is 4.98 Å². The minimum atomic E-state index is -0.370. The molecule has 0 aliphatic rings. The van der Waals surface area contributed by atoms with Crippen LogP contribution in [0.25, 0.3) is 10.6 Å². The largest absolute Gasteiger partial charge is 0.287 e. The Hall–Kier alpha value is -1.76. The van der Waals surface area contributed by atoms with Crippen LogP contribution in [0, 0.1) is 5.82 Å². The third-order valence-electron chi connectivity index (χ3n) is 3.00. The Kier molecular flexibility index (Phi) is 4.24. The maximum atomic E-state index is 12.9. The molecule has 1 amide bonds. The summed E-state index contributed by atoms with van der Waals surface area (Å²) in [4.78, 5) is 19.2. The first-order chi connectivity index (χ1) is 10.5. The summed E-state index contributed by atoms with van der Waals surface area (Å²) >= 11 is 8.73. The summed E-state index contributed by atoms with van der Waals surface area (Å²) in [6.07, 6.45) is 0. The highest BCUT2D eigenvalue weighted by Crippen LogP contribution is 2.33. The van der Waals surface area contributed by atoms with Gasteiger partial charge in [0.05, 0.1) is 14.9 Å². The fourth-order valence-corrected chi connectivity index (χ4v) is 3.72. The molecule has 0 fully saturated rings. The Labute approximate surface area is 139 Å². The zero-order valence-corrected chi connectivity index (χ0v) is 13.8. The number of thiophene rings is 1. The summed E-state index contributed by atoms with van der Waals surface area (Å²) in [7, 11) is 1.65. The number of halogens is 2.